The van der Waals surface area contributed by atoms with Gasteiger partial charge in [0.25, 0.3) is 21.6 Å². The van der Waals surface area contributed by atoms with Gasteiger partial charge in [-0.05, 0) is 92.5 Å². The van der Waals surface area contributed by atoms with Crippen LogP contribution in [0.15, 0.2) is 78.3 Å². The van der Waals surface area contributed by atoms with E-state index in [9.17, 15) is 23.3 Å². The molecule has 0 unspecified atom stereocenters. The Kier molecular flexibility index (Phi) is 12.0. The summed E-state index contributed by atoms with van der Waals surface area (Å²) in [5, 5.41) is 16.2. The predicted molar refractivity (Wildman–Crippen MR) is 262 cm³/mol. The first-order valence-electron chi connectivity index (χ1n) is 24.4. The van der Waals surface area contributed by atoms with Crippen LogP contribution in [0.2, 0.25) is 0 Å². The van der Waals surface area contributed by atoms with Gasteiger partial charge in [-0.3, -0.25) is 24.7 Å². The van der Waals surface area contributed by atoms with E-state index in [0.717, 1.165) is 56.8 Å². The highest BCUT2D eigenvalue weighted by Gasteiger charge is 2.50. The molecule has 4 saturated heterocycles. The Labute approximate surface area is 404 Å². The molecular formula is C50H58FN11O7S. The Hall–Kier alpha value is -6.22. The molecule has 4 N–H and O–H groups in total. The molecule has 20 heteroatoms. The molecule has 11 rings (SSSR count). The van der Waals surface area contributed by atoms with Gasteiger partial charge in [0.2, 0.25) is 0 Å². The van der Waals surface area contributed by atoms with Crippen molar-refractivity contribution in [3.8, 4) is 11.5 Å². The molecule has 6 aromatic rings. The van der Waals surface area contributed by atoms with Crippen LogP contribution >= 0.6 is 0 Å². The van der Waals surface area contributed by atoms with Crippen molar-refractivity contribution in [2.75, 3.05) is 62.7 Å². The number of pyridine rings is 2. The Morgan fingerprint density at radius 1 is 0.986 bits per heavy atom. The van der Waals surface area contributed by atoms with Crippen molar-refractivity contribution in [1.82, 2.24) is 39.4 Å². The van der Waals surface area contributed by atoms with E-state index in [-0.39, 0.29) is 58.9 Å². The lowest BCUT2D eigenvalue weighted by molar-refractivity contribution is -0.384. The quantitative estimate of drug-likeness (QED) is 0.0602. The van der Waals surface area contributed by atoms with E-state index in [1.165, 1.54) is 42.7 Å². The van der Waals surface area contributed by atoms with Crippen LogP contribution in [0, 0.1) is 15.5 Å². The van der Waals surface area contributed by atoms with Gasteiger partial charge in [-0.2, -0.15) is 0 Å². The lowest BCUT2D eigenvalue weighted by Gasteiger charge is -2.56. The number of aromatic nitrogens is 5. The van der Waals surface area contributed by atoms with Crippen LogP contribution in [-0.2, 0) is 14.8 Å². The number of benzene rings is 2. The molecule has 0 radical (unpaired) electrons. The number of nitrogens with one attached hydrogen (secondary N) is 4. The lowest BCUT2D eigenvalue weighted by Crippen LogP contribution is -2.55. The maximum absolute atomic E-state index is 16.1. The van der Waals surface area contributed by atoms with E-state index >= 15 is 4.39 Å². The number of imidazole rings is 1. The molecule has 2 aromatic carbocycles. The second kappa shape index (κ2) is 18.2. The fourth-order valence-corrected chi connectivity index (χ4v) is 12.8. The van der Waals surface area contributed by atoms with E-state index in [2.05, 4.69) is 87.8 Å². The summed E-state index contributed by atoms with van der Waals surface area (Å²) in [6.45, 7) is 9.20. The van der Waals surface area contributed by atoms with E-state index in [1.54, 1.807) is 18.3 Å². The van der Waals surface area contributed by atoms with Crippen molar-refractivity contribution in [1.29, 1.82) is 0 Å². The number of likely N-dealkylation sites (tertiary alicyclic amines) is 2. The van der Waals surface area contributed by atoms with Gasteiger partial charge in [0.1, 0.15) is 50.3 Å². The molecule has 1 aliphatic carbocycles. The number of carbonyl (C=O) groups is 1. The summed E-state index contributed by atoms with van der Waals surface area (Å²) >= 11 is 0. The normalized spacial score (nSPS) is 21.0. The maximum atomic E-state index is 16.1. The molecule has 5 fully saturated rings. The smallest absolute Gasteiger partial charge is 0.296 e. The van der Waals surface area contributed by atoms with Crippen LogP contribution in [0.1, 0.15) is 98.7 Å². The molecule has 5 aliphatic rings. The van der Waals surface area contributed by atoms with Crippen molar-refractivity contribution in [2.24, 2.45) is 5.41 Å². The number of aromatic amines is 2. The molecule has 1 atom stereocenters. The Bertz CT molecular complexity index is 3060. The van der Waals surface area contributed by atoms with Crippen LogP contribution < -0.4 is 19.7 Å². The summed E-state index contributed by atoms with van der Waals surface area (Å²) in [6.07, 6.45) is 12.8. The topological polar surface area (TPSA) is 217 Å². The van der Waals surface area contributed by atoms with Crippen molar-refractivity contribution in [3.63, 3.8) is 0 Å². The molecule has 1 saturated carbocycles. The average Bonchev–Trinajstić information content (AvgIpc) is 4.12. The number of carbonyl (C=O) groups excluding carboxylic acids is 1. The number of anilines is 2. The van der Waals surface area contributed by atoms with Gasteiger partial charge in [0, 0.05) is 74.7 Å². The highest BCUT2D eigenvalue weighted by Crippen LogP contribution is 2.54. The fraction of sp³-hybridized carbons (Fsp3) is 0.480. The Morgan fingerprint density at radius 3 is 2.51 bits per heavy atom. The van der Waals surface area contributed by atoms with Crippen molar-refractivity contribution in [3.05, 3.63) is 100 Å². The number of sulfonamides is 1. The van der Waals surface area contributed by atoms with Crippen LogP contribution in [0.3, 0.4) is 0 Å². The van der Waals surface area contributed by atoms with Gasteiger partial charge < -0.3 is 29.7 Å². The average molecular weight is 976 g/mol. The number of alkyl halides is 1. The summed E-state index contributed by atoms with van der Waals surface area (Å²) < 4.78 is 58.3. The van der Waals surface area contributed by atoms with Gasteiger partial charge in [0.15, 0.2) is 0 Å². The summed E-state index contributed by atoms with van der Waals surface area (Å²) in [5.41, 5.74) is 1.02. The second-order valence-electron chi connectivity index (χ2n) is 20.3. The summed E-state index contributed by atoms with van der Waals surface area (Å²) in [7, 11) is -4.84. The van der Waals surface area contributed by atoms with Crippen LogP contribution in [0.25, 0.3) is 22.1 Å². The number of nitrogens with zero attached hydrogens (tertiary/aromatic N) is 7. The molecule has 1 amide bonds. The first-order chi connectivity index (χ1) is 33.8. The summed E-state index contributed by atoms with van der Waals surface area (Å²) in [6, 6.07) is 16.3. The third-order valence-electron chi connectivity index (χ3n) is 15.7. The zero-order valence-corrected chi connectivity index (χ0v) is 40.1. The minimum atomic E-state index is -4.84. The van der Waals surface area contributed by atoms with Crippen LogP contribution in [0.4, 0.5) is 21.6 Å². The third kappa shape index (κ3) is 8.72. The Balaban J connectivity index is 0.810. The number of nitro groups is 1. The number of hydrogen-bond acceptors (Lipinski definition) is 14. The molecule has 368 valence electrons. The van der Waals surface area contributed by atoms with Gasteiger partial charge in [-0.1, -0.05) is 38.1 Å². The van der Waals surface area contributed by atoms with Crippen molar-refractivity contribution < 1.29 is 32.0 Å². The molecule has 1 spiro atoms. The number of piperidine rings is 2. The van der Waals surface area contributed by atoms with E-state index in [1.807, 2.05) is 6.07 Å². The zero-order valence-electron chi connectivity index (χ0n) is 39.3. The number of halogens is 1. The number of hydrogen-bond donors (Lipinski definition) is 4. The fourth-order valence-electron chi connectivity index (χ4n) is 11.6. The number of H-pyrrole nitrogens is 2. The molecule has 8 heterocycles. The van der Waals surface area contributed by atoms with Gasteiger partial charge in [-0.25, -0.2) is 32.5 Å². The monoisotopic (exact) mass is 975 g/mol. The van der Waals surface area contributed by atoms with E-state index in [4.69, 9.17) is 9.47 Å². The first-order valence-corrected chi connectivity index (χ1v) is 25.9. The van der Waals surface area contributed by atoms with E-state index in [0.29, 0.717) is 61.5 Å². The highest BCUT2D eigenvalue weighted by molar-refractivity contribution is 7.90. The van der Waals surface area contributed by atoms with Crippen molar-refractivity contribution >= 4 is 55.2 Å². The van der Waals surface area contributed by atoms with E-state index < -0.39 is 37.1 Å². The third-order valence-corrected chi connectivity index (χ3v) is 17.0. The SMILES string of the molecule is CC(C)c1ccccc1[C@@H]1CCCN1C1CC2(CCN(c3cc(Oc4cnc5[nH]ccc5c4)c(C(=O)NS(=O)(=O)c4cc([N+](=O)[O-])c(NCC5(F)CCN(C6COC6)CC5)c5[nH]cnc45)cn3)CC2)C1. The van der Waals surface area contributed by atoms with Gasteiger partial charge in [0.05, 0.1) is 42.2 Å². The minimum Gasteiger partial charge on any atom is -0.455 e. The number of fused-ring (bicyclic) bond motifs is 2. The van der Waals surface area contributed by atoms with Crippen molar-refractivity contribution in [2.45, 2.75) is 99.8 Å². The lowest BCUT2D eigenvalue weighted by atomic mass is 9.60. The number of amides is 1. The molecule has 70 heavy (non-hydrogen) atoms. The number of nitro benzene ring substituents is 1. The molecule has 4 aromatic heterocycles. The predicted octanol–water partition coefficient (Wildman–Crippen LogP) is 7.98. The standard InChI is InChI=1S/C50H58FN11O7S/c1-31(2)36-6-3-4-7-37(36)39-8-5-15-61(39)33-23-49(24-33)10-16-60(17-11-49)43-22-41(69-35-20-32-9-14-52-47(32)54-25-35)38(26-53-43)48(63)58-70(66,67)42-21-40(62(64)65)44(46-45(42)56-30-57-46)55-29-50(51)12-18-59(19-13-50)34-27-68-28-34/h3-4,6-7,9,14,20-22,25-26,30-31,33-34,39,55H,5,8,10-13,15-19,23-24,27-29H2,1-2H3,(H,52,54)(H,56,57)(H,58,63)/t39-/m0/s1. The van der Waals surface area contributed by atoms with Gasteiger partial charge in [-0.15, -0.1) is 0 Å². The van der Waals surface area contributed by atoms with Crippen LogP contribution in [-0.4, -0.2) is 124 Å². The summed E-state index contributed by atoms with van der Waals surface area (Å²) in [5.74, 6) is 0.324. The molecule has 0 bridgehead atoms. The Morgan fingerprint density at radius 2 is 1.77 bits per heavy atom. The number of ether oxygens (including phenoxy) is 2. The maximum Gasteiger partial charge on any atom is 0.296 e. The molecular weight excluding hydrogens is 918 g/mol. The van der Waals surface area contributed by atoms with Crippen LogP contribution in [0.5, 0.6) is 11.5 Å². The largest absolute Gasteiger partial charge is 0.455 e. The first kappa shape index (κ1) is 46.2. The minimum absolute atomic E-state index is 0.0225. The summed E-state index contributed by atoms with van der Waals surface area (Å²) in [4.78, 5) is 51.7. The van der Waals surface area contributed by atoms with Gasteiger partial charge >= 0.3 is 0 Å². The second-order valence-corrected chi connectivity index (χ2v) is 21.9. The molecule has 4 aliphatic heterocycles. The zero-order chi connectivity index (χ0) is 48.4. The highest BCUT2D eigenvalue weighted by atomic mass is 32.2. The molecule has 18 nitrogen and oxygen atoms in total. The number of rotatable bonds is 14.